The number of rotatable bonds is 6. The van der Waals surface area contributed by atoms with Crippen molar-refractivity contribution in [2.24, 2.45) is 5.73 Å². The van der Waals surface area contributed by atoms with Gasteiger partial charge in [-0.25, -0.2) is 0 Å². The van der Waals surface area contributed by atoms with Crippen LogP contribution in [-0.2, 0) is 9.54 Å². The van der Waals surface area contributed by atoms with Gasteiger partial charge in [0.2, 0.25) is 0 Å². The molecule has 0 fully saturated rings. The molecule has 0 saturated carbocycles. The van der Waals surface area contributed by atoms with Gasteiger partial charge in [0.1, 0.15) is 11.8 Å². The molecule has 4 rings (SSSR count). The van der Waals surface area contributed by atoms with Crippen LogP contribution in [0.1, 0.15) is 16.7 Å². The van der Waals surface area contributed by atoms with Crippen molar-refractivity contribution in [3.8, 4) is 16.9 Å². The number of methoxy groups -OCH3 is 1. The van der Waals surface area contributed by atoms with Crippen LogP contribution in [0.4, 0.5) is 0 Å². The molecule has 1 atom stereocenters. The van der Waals surface area contributed by atoms with E-state index in [1.807, 2.05) is 36.4 Å². The summed E-state index contributed by atoms with van der Waals surface area (Å²) in [6.07, 6.45) is 0. The SMILES string of the molecule is COc1ccc(C2(SC[C@@H](N)C(=O)O)c3ccccc3-c3ccccc32)cc1. The Bertz CT molecular complexity index is 971. The van der Waals surface area contributed by atoms with E-state index in [0.717, 1.165) is 22.4 Å². The molecule has 3 aromatic rings. The van der Waals surface area contributed by atoms with Gasteiger partial charge >= 0.3 is 5.97 Å². The predicted octanol–water partition coefficient (Wildman–Crippen LogP) is 4.11. The number of fused-ring (bicyclic) bond motifs is 3. The van der Waals surface area contributed by atoms with Gasteiger partial charge in [-0.15, -0.1) is 11.8 Å². The topological polar surface area (TPSA) is 72.5 Å². The first-order valence-electron chi connectivity index (χ1n) is 9.04. The molecule has 1 aliphatic rings. The highest BCUT2D eigenvalue weighted by Crippen LogP contribution is 2.58. The molecule has 1 aliphatic carbocycles. The molecule has 0 amide bonds. The van der Waals surface area contributed by atoms with Gasteiger partial charge in [0.15, 0.2) is 0 Å². The number of carboxylic acids is 1. The lowest BCUT2D eigenvalue weighted by atomic mass is 9.88. The monoisotopic (exact) mass is 391 g/mol. The molecule has 3 aromatic carbocycles. The lowest BCUT2D eigenvalue weighted by Gasteiger charge is -2.33. The standard InChI is InChI=1S/C23H21NO3S/c1-27-16-12-10-15(11-13-16)23(28-14-21(24)22(25)26)19-8-4-2-6-17(19)18-7-3-5-9-20(18)23/h2-13,21H,14,24H2,1H3,(H,25,26)/t21-/m1/s1. The second-order valence-electron chi connectivity index (χ2n) is 6.76. The van der Waals surface area contributed by atoms with Crippen LogP contribution in [0, 0.1) is 0 Å². The zero-order chi connectivity index (χ0) is 19.7. The highest BCUT2D eigenvalue weighted by Gasteiger charge is 2.45. The normalized spacial score (nSPS) is 14.8. The number of benzene rings is 3. The van der Waals surface area contributed by atoms with Gasteiger partial charge < -0.3 is 15.6 Å². The Labute approximate surface area is 168 Å². The third-order valence-electron chi connectivity index (χ3n) is 5.20. The number of thioether (sulfide) groups is 1. The molecule has 0 bridgehead atoms. The van der Waals surface area contributed by atoms with E-state index in [0.29, 0.717) is 5.75 Å². The first-order valence-corrected chi connectivity index (χ1v) is 10.0. The smallest absolute Gasteiger partial charge is 0.321 e. The van der Waals surface area contributed by atoms with E-state index in [4.69, 9.17) is 10.5 Å². The molecule has 0 aromatic heterocycles. The summed E-state index contributed by atoms with van der Waals surface area (Å²) >= 11 is 1.57. The zero-order valence-corrected chi connectivity index (χ0v) is 16.3. The number of hydrogen-bond donors (Lipinski definition) is 2. The van der Waals surface area contributed by atoms with E-state index in [-0.39, 0.29) is 0 Å². The summed E-state index contributed by atoms with van der Waals surface area (Å²) in [6, 6.07) is 23.7. The molecular formula is C23H21NO3S. The molecule has 0 unspecified atom stereocenters. The fourth-order valence-corrected chi connectivity index (χ4v) is 5.40. The fourth-order valence-electron chi connectivity index (χ4n) is 3.86. The number of ether oxygens (including phenoxy) is 1. The van der Waals surface area contributed by atoms with E-state index in [9.17, 15) is 9.90 Å². The number of hydrogen-bond acceptors (Lipinski definition) is 4. The van der Waals surface area contributed by atoms with Gasteiger partial charge in [-0.2, -0.15) is 0 Å². The van der Waals surface area contributed by atoms with Crippen LogP contribution >= 0.6 is 11.8 Å². The lowest BCUT2D eigenvalue weighted by Crippen LogP contribution is -2.35. The molecule has 3 N–H and O–H groups in total. The van der Waals surface area contributed by atoms with Gasteiger partial charge in [-0.3, -0.25) is 4.79 Å². The van der Waals surface area contributed by atoms with Crippen LogP contribution in [-0.4, -0.2) is 30.0 Å². The second-order valence-corrected chi connectivity index (χ2v) is 7.99. The van der Waals surface area contributed by atoms with Crippen molar-refractivity contribution in [3.05, 3.63) is 89.5 Å². The summed E-state index contributed by atoms with van der Waals surface area (Å²) in [5.74, 6) is 0.0898. The minimum atomic E-state index is -0.989. The Morgan fingerprint density at radius 1 is 1.00 bits per heavy atom. The van der Waals surface area contributed by atoms with Crippen molar-refractivity contribution >= 4 is 17.7 Å². The molecule has 0 radical (unpaired) electrons. The number of carbonyl (C=O) groups is 1. The van der Waals surface area contributed by atoms with Crippen molar-refractivity contribution < 1.29 is 14.6 Å². The van der Waals surface area contributed by atoms with Crippen LogP contribution in [0.15, 0.2) is 72.8 Å². The summed E-state index contributed by atoms with van der Waals surface area (Å²) in [6.45, 7) is 0. The minimum absolute atomic E-state index is 0.296. The Morgan fingerprint density at radius 2 is 1.54 bits per heavy atom. The quantitative estimate of drug-likeness (QED) is 0.661. The van der Waals surface area contributed by atoms with Gasteiger partial charge in [-0.1, -0.05) is 60.7 Å². The number of nitrogens with two attached hydrogens (primary N) is 1. The first-order chi connectivity index (χ1) is 13.6. The van der Waals surface area contributed by atoms with Gasteiger partial charge in [-0.05, 0) is 39.9 Å². The summed E-state index contributed by atoms with van der Waals surface area (Å²) in [5, 5.41) is 9.31. The molecular weight excluding hydrogens is 370 g/mol. The molecule has 0 aliphatic heterocycles. The van der Waals surface area contributed by atoms with Crippen molar-refractivity contribution in [2.45, 2.75) is 10.8 Å². The molecule has 142 valence electrons. The van der Waals surface area contributed by atoms with Crippen molar-refractivity contribution in [1.29, 1.82) is 0 Å². The van der Waals surface area contributed by atoms with Crippen LogP contribution < -0.4 is 10.5 Å². The van der Waals surface area contributed by atoms with Crippen LogP contribution in [0.25, 0.3) is 11.1 Å². The third-order valence-corrected chi connectivity index (χ3v) is 6.83. The highest BCUT2D eigenvalue weighted by molar-refractivity contribution is 8.00. The molecule has 5 heteroatoms. The second kappa shape index (κ2) is 7.34. The fraction of sp³-hybridized carbons (Fsp3) is 0.174. The summed E-state index contributed by atoms with van der Waals surface area (Å²) in [4.78, 5) is 11.4. The summed E-state index contributed by atoms with van der Waals surface area (Å²) in [7, 11) is 1.64. The number of aliphatic carboxylic acids is 1. The third kappa shape index (κ3) is 2.87. The maximum Gasteiger partial charge on any atom is 0.321 e. The average molecular weight is 391 g/mol. The van der Waals surface area contributed by atoms with Gasteiger partial charge in [0.25, 0.3) is 0 Å². The van der Waals surface area contributed by atoms with E-state index >= 15 is 0 Å². The van der Waals surface area contributed by atoms with Crippen molar-refractivity contribution in [3.63, 3.8) is 0 Å². The van der Waals surface area contributed by atoms with Crippen molar-refractivity contribution in [2.75, 3.05) is 12.9 Å². The van der Waals surface area contributed by atoms with Gasteiger partial charge in [0, 0.05) is 5.75 Å². The maximum absolute atomic E-state index is 11.4. The first kappa shape index (κ1) is 18.6. The Kier molecular flexibility index (Phi) is 4.87. The van der Waals surface area contributed by atoms with Crippen molar-refractivity contribution in [1.82, 2.24) is 0 Å². The lowest BCUT2D eigenvalue weighted by molar-refractivity contribution is -0.137. The van der Waals surface area contributed by atoms with E-state index in [2.05, 4.69) is 36.4 Å². The predicted molar refractivity (Wildman–Crippen MR) is 113 cm³/mol. The largest absolute Gasteiger partial charge is 0.497 e. The Morgan fingerprint density at radius 3 is 2.04 bits per heavy atom. The summed E-state index contributed by atoms with van der Waals surface area (Å²) < 4.78 is 4.81. The van der Waals surface area contributed by atoms with E-state index < -0.39 is 16.8 Å². The Hall–Kier alpha value is -2.76. The summed E-state index contributed by atoms with van der Waals surface area (Å²) in [5.41, 5.74) is 11.6. The Balaban J connectivity index is 1.93. The maximum atomic E-state index is 11.4. The van der Waals surface area contributed by atoms with Gasteiger partial charge in [0.05, 0.1) is 11.9 Å². The van der Waals surface area contributed by atoms with Crippen LogP contribution in [0.5, 0.6) is 5.75 Å². The van der Waals surface area contributed by atoms with E-state index in [1.165, 1.54) is 11.1 Å². The highest BCUT2D eigenvalue weighted by atomic mass is 32.2. The van der Waals surface area contributed by atoms with Crippen LogP contribution in [0.3, 0.4) is 0 Å². The number of carboxylic acid groups (broad SMARTS) is 1. The molecule has 0 spiro atoms. The zero-order valence-electron chi connectivity index (χ0n) is 15.5. The molecule has 0 heterocycles. The van der Waals surface area contributed by atoms with E-state index in [1.54, 1.807) is 18.9 Å². The molecule has 28 heavy (non-hydrogen) atoms. The molecule has 4 nitrogen and oxygen atoms in total. The van der Waals surface area contributed by atoms with Crippen LogP contribution in [0.2, 0.25) is 0 Å². The molecule has 0 saturated heterocycles. The minimum Gasteiger partial charge on any atom is -0.497 e. The average Bonchev–Trinajstić information content (AvgIpc) is 3.03.